The molecule has 1 N–H and O–H groups in total. The lowest BCUT2D eigenvalue weighted by Gasteiger charge is -2.25. The first-order valence-electron chi connectivity index (χ1n) is 8.22. The van der Waals surface area contributed by atoms with Crippen molar-refractivity contribution in [2.24, 2.45) is 13.0 Å². The average Bonchev–Trinajstić information content (AvgIpc) is 2.96. The van der Waals surface area contributed by atoms with Gasteiger partial charge in [-0.15, -0.1) is 0 Å². The molecule has 0 radical (unpaired) electrons. The van der Waals surface area contributed by atoms with Crippen LogP contribution in [0.15, 0.2) is 6.07 Å². The van der Waals surface area contributed by atoms with Gasteiger partial charge in [-0.2, -0.15) is 5.10 Å². The van der Waals surface area contributed by atoms with Crippen molar-refractivity contribution in [3.63, 3.8) is 0 Å². The lowest BCUT2D eigenvalue weighted by molar-refractivity contribution is 0.226. The Labute approximate surface area is 122 Å². The Balaban J connectivity index is 1.62. The van der Waals surface area contributed by atoms with Gasteiger partial charge in [0.15, 0.2) is 0 Å². The van der Waals surface area contributed by atoms with Crippen molar-refractivity contribution in [3.8, 4) is 0 Å². The van der Waals surface area contributed by atoms with Gasteiger partial charge in [0, 0.05) is 32.7 Å². The third kappa shape index (κ3) is 3.61. The predicted octanol–water partition coefficient (Wildman–Crippen LogP) is 1.95. The van der Waals surface area contributed by atoms with E-state index in [0.29, 0.717) is 6.04 Å². The molecule has 1 atom stereocenters. The topological polar surface area (TPSA) is 33.1 Å². The van der Waals surface area contributed by atoms with Gasteiger partial charge in [0.05, 0.1) is 11.4 Å². The van der Waals surface area contributed by atoms with E-state index in [1.165, 1.54) is 56.7 Å². The molecule has 1 saturated heterocycles. The smallest absolute Gasteiger partial charge is 0.0625 e. The minimum Gasteiger partial charge on any atom is -0.313 e. The Morgan fingerprint density at radius 1 is 1.35 bits per heavy atom. The van der Waals surface area contributed by atoms with Crippen LogP contribution in [0.1, 0.15) is 44.0 Å². The van der Waals surface area contributed by atoms with E-state index in [4.69, 9.17) is 0 Å². The van der Waals surface area contributed by atoms with Crippen LogP contribution >= 0.6 is 0 Å². The second-order valence-corrected chi connectivity index (χ2v) is 6.53. The monoisotopic (exact) mass is 276 g/mol. The van der Waals surface area contributed by atoms with Crippen molar-refractivity contribution in [2.75, 3.05) is 19.6 Å². The molecule has 0 amide bonds. The number of nitrogens with one attached hydrogen (secondary N) is 1. The van der Waals surface area contributed by atoms with Crippen LogP contribution in [0.2, 0.25) is 0 Å². The molecule has 1 aliphatic heterocycles. The first-order chi connectivity index (χ1) is 9.74. The lowest BCUT2D eigenvalue weighted by atomic mass is 10.2. The van der Waals surface area contributed by atoms with E-state index in [0.717, 1.165) is 18.9 Å². The van der Waals surface area contributed by atoms with Crippen LogP contribution in [0.25, 0.3) is 0 Å². The van der Waals surface area contributed by atoms with Crippen molar-refractivity contribution in [1.82, 2.24) is 20.0 Å². The molecule has 1 unspecified atom stereocenters. The lowest BCUT2D eigenvalue weighted by Crippen LogP contribution is -2.38. The summed E-state index contributed by atoms with van der Waals surface area (Å²) in [4.78, 5) is 2.65. The Bertz CT molecular complexity index is 430. The third-order valence-electron chi connectivity index (χ3n) is 4.63. The Kier molecular flexibility index (Phi) is 4.41. The number of hydrogen-bond acceptors (Lipinski definition) is 3. The molecule has 4 heteroatoms. The van der Waals surface area contributed by atoms with Crippen molar-refractivity contribution < 1.29 is 0 Å². The Hall–Kier alpha value is -0.870. The van der Waals surface area contributed by atoms with Gasteiger partial charge >= 0.3 is 0 Å². The standard InChI is InChI=1S/C16H28N4/c1-3-14-9-16(19(2)18-14)12-20(10-13-6-7-13)11-15-5-4-8-17-15/h9,13,15,17H,3-8,10-12H2,1-2H3. The summed E-state index contributed by atoms with van der Waals surface area (Å²) in [5.41, 5.74) is 2.58. The molecule has 4 nitrogen and oxygen atoms in total. The van der Waals surface area contributed by atoms with E-state index < -0.39 is 0 Å². The van der Waals surface area contributed by atoms with Gasteiger partial charge < -0.3 is 5.32 Å². The summed E-state index contributed by atoms with van der Waals surface area (Å²) in [6.45, 7) is 6.90. The van der Waals surface area contributed by atoms with Crippen molar-refractivity contribution >= 4 is 0 Å². The van der Waals surface area contributed by atoms with Gasteiger partial charge in [-0.05, 0) is 50.6 Å². The molecule has 0 spiro atoms. The number of aryl methyl sites for hydroxylation is 2. The molecule has 1 aromatic heterocycles. The molecule has 20 heavy (non-hydrogen) atoms. The molecule has 1 saturated carbocycles. The van der Waals surface area contributed by atoms with Crippen molar-refractivity contribution in [3.05, 3.63) is 17.5 Å². The summed E-state index contributed by atoms with van der Waals surface area (Å²) in [5, 5.41) is 8.22. The van der Waals surface area contributed by atoms with Crippen LogP contribution in [0.5, 0.6) is 0 Å². The fourth-order valence-corrected chi connectivity index (χ4v) is 3.21. The molecular formula is C16H28N4. The summed E-state index contributed by atoms with van der Waals surface area (Å²) < 4.78 is 2.07. The third-order valence-corrected chi connectivity index (χ3v) is 4.63. The van der Waals surface area contributed by atoms with Crippen LogP contribution < -0.4 is 5.32 Å². The van der Waals surface area contributed by atoms with Gasteiger partial charge in [0.25, 0.3) is 0 Å². The quantitative estimate of drug-likeness (QED) is 0.826. The SMILES string of the molecule is CCc1cc(CN(CC2CC2)CC2CCCN2)n(C)n1. The van der Waals surface area contributed by atoms with Gasteiger partial charge in [0.2, 0.25) is 0 Å². The zero-order valence-electron chi connectivity index (χ0n) is 12.9. The van der Waals surface area contributed by atoms with E-state index in [1.54, 1.807) is 0 Å². The van der Waals surface area contributed by atoms with Crippen molar-refractivity contribution in [2.45, 2.75) is 51.6 Å². The zero-order valence-corrected chi connectivity index (χ0v) is 12.9. The molecular weight excluding hydrogens is 248 g/mol. The Morgan fingerprint density at radius 2 is 2.20 bits per heavy atom. The van der Waals surface area contributed by atoms with Crippen LogP contribution in [0.4, 0.5) is 0 Å². The van der Waals surface area contributed by atoms with E-state index in [2.05, 4.69) is 40.0 Å². The van der Waals surface area contributed by atoms with Crippen LogP contribution in [-0.4, -0.2) is 40.4 Å². The number of aromatic nitrogens is 2. The normalized spacial score (nSPS) is 22.9. The maximum absolute atomic E-state index is 4.58. The first kappa shape index (κ1) is 14.1. The van der Waals surface area contributed by atoms with Gasteiger partial charge in [-0.25, -0.2) is 0 Å². The molecule has 0 bridgehead atoms. The maximum atomic E-state index is 4.58. The molecule has 2 fully saturated rings. The molecule has 0 aromatic carbocycles. The largest absolute Gasteiger partial charge is 0.313 e. The van der Waals surface area contributed by atoms with Crippen LogP contribution in [0.3, 0.4) is 0 Å². The highest BCUT2D eigenvalue weighted by atomic mass is 15.3. The number of nitrogens with zero attached hydrogens (tertiary/aromatic N) is 3. The molecule has 1 aliphatic carbocycles. The molecule has 2 aliphatic rings. The summed E-state index contributed by atoms with van der Waals surface area (Å²) in [6.07, 6.45) is 6.57. The highest BCUT2D eigenvalue weighted by molar-refractivity contribution is 5.10. The summed E-state index contributed by atoms with van der Waals surface area (Å²) >= 11 is 0. The van der Waals surface area contributed by atoms with Crippen LogP contribution in [0, 0.1) is 5.92 Å². The van der Waals surface area contributed by atoms with E-state index in [9.17, 15) is 0 Å². The molecule has 3 rings (SSSR count). The zero-order chi connectivity index (χ0) is 13.9. The fraction of sp³-hybridized carbons (Fsp3) is 0.812. The molecule has 1 aromatic rings. The van der Waals surface area contributed by atoms with Crippen LogP contribution in [-0.2, 0) is 20.0 Å². The maximum Gasteiger partial charge on any atom is 0.0625 e. The minimum absolute atomic E-state index is 0.702. The second kappa shape index (κ2) is 6.27. The predicted molar refractivity (Wildman–Crippen MR) is 81.6 cm³/mol. The van der Waals surface area contributed by atoms with Crippen molar-refractivity contribution in [1.29, 1.82) is 0 Å². The summed E-state index contributed by atoms with van der Waals surface area (Å²) in [5.74, 6) is 0.954. The highest BCUT2D eigenvalue weighted by Gasteiger charge is 2.27. The summed E-state index contributed by atoms with van der Waals surface area (Å²) in [7, 11) is 2.08. The van der Waals surface area contributed by atoms with E-state index in [1.807, 2.05) is 0 Å². The van der Waals surface area contributed by atoms with Gasteiger partial charge in [0.1, 0.15) is 0 Å². The number of rotatable bonds is 7. The molecule has 2 heterocycles. The molecule has 112 valence electrons. The average molecular weight is 276 g/mol. The Morgan fingerprint density at radius 3 is 2.80 bits per heavy atom. The highest BCUT2D eigenvalue weighted by Crippen LogP contribution is 2.30. The minimum atomic E-state index is 0.702. The van der Waals surface area contributed by atoms with Gasteiger partial charge in [-0.3, -0.25) is 9.58 Å². The number of hydrogen-bond donors (Lipinski definition) is 1. The summed E-state index contributed by atoms with van der Waals surface area (Å²) in [6, 6.07) is 2.98. The first-order valence-corrected chi connectivity index (χ1v) is 8.22. The van der Waals surface area contributed by atoms with Gasteiger partial charge in [-0.1, -0.05) is 6.92 Å². The van der Waals surface area contributed by atoms with E-state index in [-0.39, 0.29) is 0 Å². The van der Waals surface area contributed by atoms with E-state index >= 15 is 0 Å². The fourth-order valence-electron chi connectivity index (χ4n) is 3.21. The second-order valence-electron chi connectivity index (χ2n) is 6.53.